The second-order valence-electron chi connectivity index (χ2n) is 4.40. The van der Waals surface area contributed by atoms with Crippen LogP contribution >= 0.6 is 0 Å². The quantitative estimate of drug-likeness (QED) is 0.387. The maximum atomic E-state index is 10.8. The van der Waals surface area contributed by atoms with Gasteiger partial charge in [-0.05, 0) is 12.5 Å². The van der Waals surface area contributed by atoms with Crippen molar-refractivity contribution in [1.29, 1.82) is 0 Å². The van der Waals surface area contributed by atoms with Crippen molar-refractivity contribution in [1.82, 2.24) is 0 Å². The van der Waals surface area contributed by atoms with E-state index in [1.54, 1.807) is 6.92 Å². The first-order valence-electron chi connectivity index (χ1n) is 6.62. The summed E-state index contributed by atoms with van der Waals surface area (Å²) >= 11 is 0. The molecule has 0 amide bonds. The predicted octanol–water partition coefficient (Wildman–Crippen LogP) is 0.510. The van der Waals surface area contributed by atoms with Gasteiger partial charge < -0.3 is 25.4 Å². The van der Waals surface area contributed by atoms with E-state index in [1.807, 2.05) is 0 Å². The maximum absolute atomic E-state index is 10.8. The van der Waals surface area contributed by atoms with Crippen molar-refractivity contribution in [2.24, 2.45) is 0 Å². The first-order valence-corrected chi connectivity index (χ1v) is 6.62. The van der Waals surface area contributed by atoms with Gasteiger partial charge >= 0.3 is 0 Å². The van der Waals surface area contributed by atoms with Gasteiger partial charge in [-0.1, -0.05) is 6.92 Å². The molecule has 2 atom stereocenters. The number of rotatable bonds is 9. The molecule has 0 fully saturated rings. The Morgan fingerprint density at radius 1 is 1.43 bits per heavy atom. The van der Waals surface area contributed by atoms with Crippen molar-refractivity contribution in [2.75, 3.05) is 25.1 Å². The number of aliphatic hydroxyl groups excluding tert-OH is 3. The van der Waals surface area contributed by atoms with Crippen molar-refractivity contribution in [3.05, 3.63) is 28.3 Å². The van der Waals surface area contributed by atoms with Gasteiger partial charge in [0.25, 0.3) is 5.69 Å². The zero-order chi connectivity index (χ0) is 15.8. The molecule has 1 rings (SSSR count). The molecule has 0 bridgehead atoms. The topological polar surface area (TPSA) is 125 Å². The van der Waals surface area contributed by atoms with Crippen LogP contribution in [0.2, 0.25) is 0 Å². The monoisotopic (exact) mass is 300 g/mol. The Labute approximate surface area is 122 Å². The molecule has 21 heavy (non-hydrogen) atoms. The molecule has 0 heterocycles. The summed E-state index contributed by atoms with van der Waals surface area (Å²) in [4.78, 5) is 10.2. The molecule has 2 unspecified atom stereocenters. The van der Waals surface area contributed by atoms with Crippen LogP contribution in [-0.2, 0) is 0 Å². The largest absolute Gasteiger partial charge is 0.483 e. The summed E-state index contributed by atoms with van der Waals surface area (Å²) in [6, 6.07) is 3.94. The van der Waals surface area contributed by atoms with Gasteiger partial charge in [0.2, 0.25) is 0 Å². The number of nitrogens with one attached hydrogen (secondary N) is 1. The molecule has 0 saturated carbocycles. The highest BCUT2D eigenvalue weighted by Gasteiger charge is 2.21. The average molecular weight is 300 g/mol. The number of benzene rings is 1. The number of anilines is 1. The Balaban J connectivity index is 3.00. The lowest BCUT2D eigenvalue weighted by molar-refractivity contribution is -0.384. The summed E-state index contributed by atoms with van der Waals surface area (Å²) in [5.41, 5.74) is 0.194. The normalized spacial score (nSPS) is 13.5. The van der Waals surface area contributed by atoms with Gasteiger partial charge in [0.1, 0.15) is 11.9 Å². The number of nitro benzene ring substituents is 1. The summed E-state index contributed by atoms with van der Waals surface area (Å²) in [6.45, 7) is 1.41. The Kier molecular flexibility index (Phi) is 6.86. The summed E-state index contributed by atoms with van der Waals surface area (Å²) in [6.07, 6.45) is -1.28. The van der Waals surface area contributed by atoms with E-state index in [4.69, 9.17) is 9.84 Å². The lowest BCUT2D eigenvalue weighted by atomic mass is 10.1. The Hall–Kier alpha value is -1.90. The van der Waals surface area contributed by atoms with E-state index in [0.29, 0.717) is 12.1 Å². The van der Waals surface area contributed by atoms with Crippen LogP contribution in [0, 0.1) is 10.1 Å². The molecule has 0 radical (unpaired) electrons. The van der Waals surface area contributed by atoms with Crippen LogP contribution in [0.1, 0.15) is 13.3 Å². The third kappa shape index (κ3) is 4.85. The van der Waals surface area contributed by atoms with Gasteiger partial charge in [-0.25, -0.2) is 0 Å². The molecule has 0 aliphatic heterocycles. The number of hydrogen-bond acceptors (Lipinski definition) is 7. The molecule has 0 aromatic heterocycles. The number of hydrogen-bond donors (Lipinski definition) is 4. The molecule has 4 N–H and O–H groups in total. The standard InChI is InChI=1S/C13H20N2O6/c1-2-11(18)13(8-17)21-12-4-3-9(15(19)20)7-10(12)14-5-6-16/h3-4,7,11,13-14,16-18H,2,5-6,8H2,1H3. The third-order valence-electron chi connectivity index (χ3n) is 2.91. The van der Waals surface area contributed by atoms with Crippen LogP contribution in [0.15, 0.2) is 18.2 Å². The van der Waals surface area contributed by atoms with Crippen molar-refractivity contribution < 1.29 is 25.0 Å². The van der Waals surface area contributed by atoms with Crippen LogP contribution in [0.5, 0.6) is 5.75 Å². The summed E-state index contributed by atoms with van der Waals surface area (Å²) in [7, 11) is 0. The van der Waals surface area contributed by atoms with E-state index in [2.05, 4.69) is 5.32 Å². The maximum Gasteiger partial charge on any atom is 0.271 e. The van der Waals surface area contributed by atoms with Crippen molar-refractivity contribution in [2.45, 2.75) is 25.6 Å². The first-order chi connectivity index (χ1) is 10.0. The van der Waals surface area contributed by atoms with E-state index in [1.165, 1.54) is 18.2 Å². The molecular formula is C13H20N2O6. The first kappa shape index (κ1) is 17.2. The Bertz CT molecular complexity index is 468. The molecule has 8 nitrogen and oxygen atoms in total. The lowest BCUT2D eigenvalue weighted by Gasteiger charge is -2.23. The molecule has 0 saturated heterocycles. The van der Waals surface area contributed by atoms with Crippen molar-refractivity contribution in [3.63, 3.8) is 0 Å². The van der Waals surface area contributed by atoms with E-state index in [9.17, 15) is 20.3 Å². The minimum atomic E-state index is -0.851. The van der Waals surface area contributed by atoms with E-state index in [0.717, 1.165) is 0 Å². The molecule has 8 heteroatoms. The fraction of sp³-hybridized carbons (Fsp3) is 0.538. The van der Waals surface area contributed by atoms with Gasteiger partial charge in [-0.2, -0.15) is 0 Å². The highest BCUT2D eigenvalue weighted by Crippen LogP contribution is 2.30. The molecule has 0 aliphatic carbocycles. The highest BCUT2D eigenvalue weighted by molar-refractivity contribution is 5.61. The van der Waals surface area contributed by atoms with Crippen LogP contribution in [-0.4, -0.2) is 52.2 Å². The predicted molar refractivity (Wildman–Crippen MR) is 76.5 cm³/mol. The van der Waals surface area contributed by atoms with Crippen LogP contribution in [0.25, 0.3) is 0 Å². The fourth-order valence-corrected chi connectivity index (χ4v) is 1.73. The number of nitro groups is 1. The van der Waals surface area contributed by atoms with Crippen LogP contribution in [0.4, 0.5) is 11.4 Å². The van der Waals surface area contributed by atoms with Crippen LogP contribution in [0.3, 0.4) is 0 Å². The van der Waals surface area contributed by atoms with Crippen LogP contribution < -0.4 is 10.1 Å². The molecule has 0 aliphatic rings. The molecular weight excluding hydrogens is 280 g/mol. The highest BCUT2D eigenvalue weighted by atomic mass is 16.6. The second kappa shape index (κ2) is 8.40. The molecule has 118 valence electrons. The minimum absolute atomic E-state index is 0.126. The molecule has 1 aromatic rings. The van der Waals surface area contributed by atoms with E-state index < -0.39 is 17.1 Å². The SMILES string of the molecule is CCC(O)C(CO)Oc1ccc([N+](=O)[O-])cc1NCCO. The minimum Gasteiger partial charge on any atom is -0.483 e. The smallest absolute Gasteiger partial charge is 0.271 e. The second-order valence-corrected chi connectivity index (χ2v) is 4.40. The van der Waals surface area contributed by atoms with Gasteiger partial charge in [0, 0.05) is 18.7 Å². The molecule has 1 aromatic carbocycles. The number of nitrogens with zero attached hydrogens (tertiary/aromatic N) is 1. The lowest BCUT2D eigenvalue weighted by Crippen LogP contribution is -2.34. The van der Waals surface area contributed by atoms with Gasteiger partial charge in [0.15, 0.2) is 0 Å². The van der Waals surface area contributed by atoms with E-state index in [-0.39, 0.29) is 31.2 Å². The zero-order valence-corrected chi connectivity index (χ0v) is 11.7. The average Bonchev–Trinajstić information content (AvgIpc) is 2.50. The molecule has 0 spiro atoms. The number of ether oxygens (including phenoxy) is 1. The summed E-state index contributed by atoms with van der Waals surface area (Å²) < 4.78 is 5.51. The van der Waals surface area contributed by atoms with E-state index >= 15 is 0 Å². The van der Waals surface area contributed by atoms with Gasteiger partial charge in [-0.3, -0.25) is 10.1 Å². The Morgan fingerprint density at radius 3 is 2.67 bits per heavy atom. The van der Waals surface area contributed by atoms with Gasteiger partial charge in [-0.15, -0.1) is 0 Å². The zero-order valence-electron chi connectivity index (χ0n) is 11.7. The van der Waals surface area contributed by atoms with Crippen molar-refractivity contribution in [3.8, 4) is 5.75 Å². The Morgan fingerprint density at radius 2 is 2.14 bits per heavy atom. The van der Waals surface area contributed by atoms with Gasteiger partial charge in [0.05, 0.1) is 29.9 Å². The fourth-order valence-electron chi connectivity index (χ4n) is 1.73. The summed E-state index contributed by atoms with van der Waals surface area (Å²) in [5, 5.41) is 41.4. The number of non-ortho nitro benzene ring substituents is 1. The van der Waals surface area contributed by atoms with Crippen molar-refractivity contribution >= 4 is 11.4 Å². The number of aliphatic hydroxyl groups is 3. The summed E-state index contributed by atoms with van der Waals surface area (Å²) in [5.74, 6) is 0.264. The third-order valence-corrected chi connectivity index (χ3v) is 2.91.